The molecule has 352 valence electrons. The van der Waals surface area contributed by atoms with Crippen LogP contribution in [-0.4, -0.2) is 47.4 Å². The first-order chi connectivity index (χ1) is 29.5. The van der Waals surface area contributed by atoms with Crippen molar-refractivity contribution in [3.8, 4) is 0 Å². The number of rotatable bonds is 48. The smallest absolute Gasteiger partial charge is 0.305 e. The van der Waals surface area contributed by atoms with Gasteiger partial charge in [-0.2, -0.15) is 0 Å². The fourth-order valence-electron chi connectivity index (χ4n) is 7.84. The summed E-state index contributed by atoms with van der Waals surface area (Å²) in [6.07, 6.45) is 59.7. The molecular formula is C54H101NO5. The summed E-state index contributed by atoms with van der Waals surface area (Å²) in [5, 5.41) is 23.2. The van der Waals surface area contributed by atoms with Gasteiger partial charge in [0.2, 0.25) is 5.91 Å². The van der Waals surface area contributed by atoms with Crippen molar-refractivity contribution in [1.82, 2.24) is 5.32 Å². The highest BCUT2D eigenvalue weighted by molar-refractivity contribution is 5.76. The predicted molar refractivity (Wildman–Crippen MR) is 259 cm³/mol. The van der Waals surface area contributed by atoms with Crippen molar-refractivity contribution in [2.24, 2.45) is 0 Å². The van der Waals surface area contributed by atoms with Gasteiger partial charge in [0.1, 0.15) is 0 Å². The molecule has 0 aromatic heterocycles. The van der Waals surface area contributed by atoms with Crippen LogP contribution < -0.4 is 5.32 Å². The summed E-state index contributed by atoms with van der Waals surface area (Å²) in [5.41, 5.74) is 0. The van der Waals surface area contributed by atoms with Crippen LogP contribution in [0.25, 0.3) is 0 Å². The molecule has 0 rings (SSSR count). The molecule has 0 bridgehead atoms. The minimum Gasteiger partial charge on any atom is -0.466 e. The monoisotopic (exact) mass is 844 g/mol. The maximum absolute atomic E-state index is 12.5. The van der Waals surface area contributed by atoms with Crippen molar-refractivity contribution in [1.29, 1.82) is 0 Å². The largest absolute Gasteiger partial charge is 0.466 e. The number of allylic oxidation sites excluding steroid dienone is 6. The van der Waals surface area contributed by atoms with Crippen molar-refractivity contribution < 1.29 is 24.5 Å². The molecule has 2 unspecified atom stereocenters. The molecule has 0 radical (unpaired) electrons. The molecule has 0 spiro atoms. The van der Waals surface area contributed by atoms with Crippen LogP contribution in [0.5, 0.6) is 0 Å². The van der Waals surface area contributed by atoms with E-state index >= 15 is 0 Å². The Morgan fingerprint density at radius 3 is 1.32 bits per heavy atom. The number of esters is 1. The van der Waals surface area contributed by atoms with E-state index in [4.69, 9.17) is 4.74 Å². The second-order valence-electron chi connectivity index (χ2n) is 17.8. The fraction of sp³-hybridized carbons (Fsp3) is 0.852. The minimum absolute atomic E-state index is 0.0504. The van der Waals surface area contributed by atoms with Crippen molar-refractivity contribution >= 4 is 11.9 Å². The summed E-state index contributed by atoms with van der Waals surface area (Å²) in [6, 6.07) is -0.568. The molecule has 60 heavy (non-hydrogen) atoms. The summed E-state index contributed by atoms with van der Waals surface area (Å²) in [6.45, 7) is 4.83. The molecule has 0 aromatic rings. The Morgan fingerprint density at radius 1 is 0.467 bits per heavy atom. The van der Waals surface area contributed by atoms with Crippen LogP contribution in [0.1, 0.15) is 271 Å². The number of unbranched alkanes of at least 4 members (excludes halogenated alkanes) is 31. The summed E-state index contributed by atoms with van der Waals surface area (Å²) < 4.78 is 5.42. The first kappa shape index (κ1) is 58.1. The lowest BCUT2D eigenvalue weighted by atomic mass is 10.0. The SMILES string of the molecule is CCCCC/C=C\C/C=C\CCCCCCCC(=O)OCCCC/C=C\CCCCCCC(=O)NC(CO)C(O)CCCCCCCCCCCCCCCCCCCC. The van der Waals surface area contributed by atoms with Crippen LogP contribution in [0.15, 0.2) is 36.5 Å². The molecule has 0 aromatic carbocycles. The zero-order chi connectivity index (χ0) is 43.7. The standard InChI is InChI=1S/C54H101NO5/c1-3-5-7-9-11-13-15-17-19-20-21-23-24-26-30-34-38-42-46-52(57)51(50-56)55-53(58)47-43-39-35-31-28-29-33-37-41-45-49-60-54(59)48-44-40-36-32-27-25-22-18-16-14-12-10-8-6-4-2/h12,14,18,22,29,33,51-52,56-57H,3-11,13,15-17,19-21,23-28,30-32,34-50H2,1-2H3,(H,55,58)/b14-12-,22-18-,33-29-. The second kappa shape index (κ2) is 49.7. The summed E-state index contributed by atoms with van der Waals surface area (Å²) >= 11 is 0. The summed E-state index contributed by atoms with van der Waals surface area (Å²) in [7, 11) is 0. The van der Waals surface area contributed by atoms with Gasteiger partial charge in [-0.05, 0) is 83.5 Å². The Bertz CT molecular complexity index is 977. The summed E-state index contributed by atoms with van der Waals surface area (Å²) in [5.74, 6) is -0.122. The molecule has 6 heteroatoms. The Hall–Kier alpha value is -1.92. The maximum atomic E-state index is 12.5. The zero-order valence-corrected chi connectivity index (χ0v) is 39.9. The molecule has 0 saturated carbocycles. The first-order valence-corrected chi connectivity index (χ1v) is 26.2. The summed E-state index contributed by atoms with van der Waals surface area (Å²) in [4.78, 5) is 24.5. The van der Waals surface area contributed by atoms with Crippen molar-refractivity contribution in [3.63, 3.8) is 0 Å². The topological polar surface area (TPSA) is 95.9 Å². The van der Waals surface area contributed by atoms with Crippen LogP contribution in [0.4, 0.5) is 0 Å². The van der Waals surface area contributed by atoms with Crippen molar-refractivity contribution in [2.75, 3.05) is 13.2 Å². The van der Waals surface area contributed by atoms with Crippen LogP contribution in [0.3, 0.4) is 0 Å². The van der Waals surface area contributed by atoms with E-state index < -0.39 is 12.1 Å². The van der Waals surface area contributed by atoms with E-state index in [0.29, 0.717) is 25.9 Å². The quantitative estimate of drug-likeness (QED) is 0.0322. The van der Waals surface area contributed by atoms with Crippen LogP contribution >= 0.6 is 0 Å². The van der Waals surface area contributed by atoms with Crippen LogP contribution in [0.2, 0.25) is 0 Å². The van der Waals surface area contributed by atoms with Gasteiger partial charge in [-0.1, -0.05) is 211 Å². The van der Waals surface area contributed by atoms with Crippen molar-refractivity contribution in [3.05, 3.63) is 36.5 Å². The highest BCUT2D eigenvalue weighted by Gasteiger charge is 2.20. The molecule has 0 aliphatic carbocycles. The van der Waals surface area contributed by atoms with Gasteiger partial charge >= 0.3 is 5.97 Å². The zero-order valence-electron chi connectivity index (χ0n) is 39.9. The van der Waals surface area contributed by atoms with E-state index in [1.54, 1.807) is 0 Å². The van der Waals surface area contributed by atoms with E-state index in [0.717, 1.165) is 89.9 Å². The van der Waals surface area contributed by atoms with Crippen molar-refractivity contribution in [2.45, 2.75) is 283 Å². The first-order valence-electron chi connectivity index (χ1n) is 26.2. The Kier molecular flexibility index (Phi) is 48.1. The molecule has 1 amide bonds. The second-order valence-corrected chi connectivity index (χ2v) is 17.8. The van der Waals surface area contributed by atoms with E-state index in [2.05, 4.69) is 55.6 Å². The molecule has 0 aliphatic heterocycles. The molecule has 6 nitrogen and oxygen atoms in total. The molecule has 2 atom stereocenters. The van der Waals surface area contributed by atoms with Gasteiger partial charge in [-0.3, -0.25) is 9.59 Å². The lowest BCUT2D eigenvalue weighted by molar-refractivity contribution is -0.143. The number of ether oxygens (including phenoxy) is 1. The lowest BCUT2D eigenvalue weighted by Gasteiger charge is -2.22. The molecule has 0 heterocycles. The normalized spacial score (nSPS) is 12.9. The molecule has 0 saturated heterocycles. The average Bonchev–Trinajstić information content (AvgIpc) is 3.25. The number of hydrogen-bond acceptors (Lipinski definition) is 5. The highest BCUT2D eigenvalue weighted by atomic mass is 16.5. The highest BCUT2D eigenvalue weighted by Crippen LogP contribution is 2.16. The Labute approximate surface area is 373 Å². The van der Waals surface area contributed by atoms with E-state index in [1.165, 1.54) is 148 Å². The van der Waals surface area contributed by atoms with E-state index in [9.17, 15) is 19.8 Å². The number of nitrogens with one attached hydrogen (secondary N) is 1. The maximum Gasteiger partial charge on any atom is 0.305 e. The van der Waals surface area contributed by atoms with Gasteiger partial charge in [-0.25, -0.2) is 0 Å². The van der Waals surface area contributed by atoms with Crippen LogP contribution in [-0.2, 0) is 14.3 Å². The molecule has 0 aliphatic rings. The van der Waals surface area contributed by atoms with E-state index in [1.807, 2.05) is 0 Å². The number of aliphatic hydroxyl groups is 2. The third-order valence-electron chi connectivity index (χ3n) is 11.9. The third-order valence-corrected chi connectivity index (χ3v) is 11.9. The third kappa shape index (κ3) is 45.6. The Balaban J connectivity index is 3.54. The fourth-order valence-corrected chi connectivity index (χ4v) is 7.84. The molecular weight excluding hydrogens is 743 g/mol. The number of amides is 1. The van der Waals surface area contributed by atoms with Gasteiger partial charge in [0.25, 0.3) is 0 Å². The van der Waals surface area contributed by atoms with Gasteiger partial charge < -0.3 is 20.3 Å². The average molecular weight is 844 g/mol. The minimum atomic E-state index is -0.687. The van der Waals surface area contributed by atoms with Gasteiger partial charge in [0.05, 0.1) is 25.4 Å². The van der Waals surface area contributed by atoms with Gasteiger partial charge in [0, 0.05) is 12.8 Å². The Morgan fingerprint density at radius 2 is 0.833 bits per heavy atom. The number of hydrogen-bond donors (Lipinski definition) is 3. The molecule has 3 N–H and O–H groups in total. The van der Waals surface area contributed by atoms with E-state index in [-0.39, 0.29) is 18.5 Å². The molecule has 0 fully saturated rings. The van der Waals surface area contributed by atoms with Crippen LogP contribution in [0, 0.1) is 0 Å². The number of aliphatic hydroxyl groups excluding tert-OH is 2. The van der Waals surface area contributed by atoms with Gasteiger partial charge in [0.15, 0.2) is 0 Å². The lowest BCUT2D eigenvalue weighted by Crippen LogP contribution is -2.45. The van der Waals surface area contributed by atoms with Gasteiger partial charge in [-0.15, -0.1) is 0 Å². The number of carbonyl (C=O) groups is 2. The number of carbonyl (C=O) groups excluding carboxylic acids is 2. The predicted octanol–water partition coefficient (Wildman–Crippen LogP) is 15.7.